The summed E-state index contributed by atoms with van der Waals surface area (Å²) < 4.78 is 11.2. The molecule has 0 spiro atoms. The van der Waals surface area contributed by atoms with Crippen molar-refractivity contribution in [1.82, 2.24) is 20.9 Å². The molecule has 0 aliphatic rings. The Morgan fingerprint density at radius 2 is 1.77 bits per heavy atom. The largest absolute Gasteiger partial charge is 0.490 e. The molecule has 162 valence electrons. The molecule has 2 rings (SSSR count). The van der Waals surface area contributed by atoms with Crippen LogP contribution < -0.4 is 25.4 Å². The van der Waals surface area contributed by atoms with Gasteiger partial charge in [-0.2, -0.15) is 0 Å². The first kappa shape index (κ1) is 23.0. The van der Waals surface area contributed by atoms with Crippen LogP contribution in [0.1, 0.15) is 26.3 Å². The van der Waals surface area contributed by atoms with Gasteiger partial charge in [-0.15, -0.1) is 0 Å². The summed E-state index contributed by atoms with van der Waals surface area (Å²) in [5, 5.41) is 9.03. The lowest BCUT2D eigenvalue weighted by atomic mass is 10.1. The molecular weight excluding hydrogens is 382 g/mol. The highest BCUT2D eigenvalue weighted by Crippen LogP contribution is 2.10. The first-order valence-electron chi connectivity index (χ1n) is 9.87. The van der Waals surface area contributed by atoms with Crippen LogP contribution in [-0.2, 0) is 11.3 Å². The first-order valence-corrected chi connectivity index (χ1v) is 9.87. The number of benzene rings is 1. The van der Waals surface area contributed by atoms with Gasteiger partial charge in [-0.1, -0.05) is 24.3 Å². The number of para-hydroxylation sites is 1. The quantitative estimate of drug-likeness (QED) is 0.331. The molecule has 0 aliphatic carbocycles. The van der Waals surface area contributed by atoms with E-state index >= 15 is 0 Å². The monoisotopic (exact) mass is 413 g/mol. The van der Waals surface area contributed by atoms with Crippen LogP contribution in [0.4, 0.5) is 0 Å². The molecule has 3 N–H and O–H groups in total. The third-order valence-corrected chi connectivity index (χ3v) is 3.76. The van der Waals surface area contributed by atoms with Gasteiger partial charge in [-0.3, -0.25) is 9.79 Å². The smallest absolute Gasteiger partial charge is 0.239 e. The van der Waals surface area contributed by atoms with Crippen LogP contribution in [0.25, 0.3) is 0 Å². The zero-order chi connectivity index (χ0) is 21.8. The number of hydrogen-bond acceptors (Lipinski definition) is 5. The van der Waals surface area contributed by atoms with Crippen molar-refractivity contribution < 1.29 is 14.3 Å². The van der Waals surface area contributed by atoms with E-state index in [4.69, 9.17) is 9.47 Å². The predicted octanol–water partition coefficient (Wildman–Crippen LogP) is 2.12. The standard InChI is InChI=1S/C22H31N5O3/c1-22(2,3)27-19(28)16-26-21(23-4)25-15-17-10-11-20(24-14-17)30-13-12-29-18-8-6-5-7-9-18/h5-11,14H,12-13,15-16H2,1-4H3,(H,27,28)(H2,23,25,26). The number of nitrogens with zero attached hydrogens (tertiary/aromatic N) is 2. The fraction of sp³-hybridized carbons (Fsp3) is 0.409. The van der Waals surface area contributed by atoms with Crippen molar-refractivity contribution in [1.29, 1.82) is 0 Å². The lowest BCUT2D eigenvalue weighted by molar-refractivity contribution is -0.121. The number of guanidine groups is 1. The van der Waals surface area contributed by atoms with E-state index in [0.717, 1.165) is 11.3 Å². The average Bonchev–Trinajstić information content (AvgIpc) is 2.72. The normalized spacial score (nSPS) is 11.5. The van der Waals surface area contributed by atoms with E-state index in [9.17, 15) is 4.79 Å². The summed E-state index contributed by atoms with van der Waals surface area (Å²) in [4.78, 5) is 20.3. The number of nitrogens with one attached hydrogen (secondary N) is 3. The van der Waals surface area contributed by atoms with Crippen molar-refractivity contribution >= 4 is 11.9 Å². The van der Waals surface area contributed by atoms with Gasteiger partial charge in [0.25, 0.3) is 0 Å². The number of carbonyl (C=O) groups is 1. The van der Waals surface area contributed by atoms with Gasteiger partial charge >= 0.3 is 0 Å². The van der Waals surface area contributed by atoms with Crippen molar-refractivity contribution in [2.75, 3.05) is 26.8 Å². The Morgan fingerprint density at radius 3 is 2.40 bits per heavy atom. The van der Waals surface area contributed by atoms with Gasteiger partial charge in [-0.05, 0) is 38.5 Å². The number of aromatic nitrogens is 1. The van der Waals surface area contributed by atoms with Crippen molar-refractivity contribution in [2.24, 2.45) is 4.99 Å². The van der Waals surface area contributed by atoms with E-state index in [1.165, 1.54) is 0 Å². The highest BCUT2D eigenvalue weighted by atomic mass is 16.5. The van der Waals surface area contributed by atoms with E-state index in [0.29, 0.717) is 31.6 Å². The molecule has 30 heavy (non-hydrogen) atoms. The number of rotatable bonds is 9. The molecule has 0 unspecified atom stereocenters. The lowest BCUT2D eigenvalue weighted by Gasteiger charge is -2.21. The third kappa shape index (κ3) is 9.27. The molecule has 1 amide bonds. The summed E-state index contributed by atoms with van der Waals surface area (Å²) in [6.45, 7) is 7.34. The zero-order valence-corrected chi connectivity index (χ0v) is 18.1. The average molecular weight is 414 g/mol. The molecule has 0 fully saturated rings. The summed E-state index contributed by atoms with van der Waals surface area (Å²) in [6.07, 6.45) is 1.74. The van der Waals surface area contributed by atoms with Gasteiger partial charge in [0.15, 0.2) is 5.96 Å². The number of aliphatic imine (C=N–C) groups is 1. The molecule has 2 aromatic rings. The molecule has 1 aromatic heterocycles. The molecule has 0 atom stereocenters. The van der Waals surface area contributed by atoms with Crippen LogP contribution in [0.15, 0.2) is 53.7 Å². The van der Waals surface area contributed by atoms with Crippen LogP contribution in [0.5, 0.6) is 11.6 Å². The Morgan fingerprint density at radius 1 is 1.03 bits per heavy atom. The molecule has 1 aromatic carbocycles. The zero-order valence-electron chi connectivity index (χ0n) is 18.1. The third-order valence-electron chi connectivity index (χ3n) is 3.76. The van der Waals surface area contributed by atoms with Crippen molar-refractivity contribution in [3.63, 3.8) is 0 Å². The number of ether oxygens (including phenoxy) is 2. The minimum absolute atomic E-state index is 0.0927. The molecule has 0 saturated carbocycles. The van der Waals surface area contributed by atoms with Crippen molar-refractivity contribution in [2.45, 2.75) is 32.9 Å². The highest BCUT2D eigenvalue weighted by Gasteiger charge is 2.13. The summed E-state index contributed by atoms with van der Waals surface area (Å²) >= 11 is 0. The van der Waals surface area contributed by atoms with Crippen LogP contribution in [0.3, 0.4) is 0 Å². The van der Waals surface area contributed by atoms with Gasteiger partial charge < -0.3 is 25.4 Å². The number of carbonyl (C=O) groups excluding carboxylic acids is 1. The number of pyridine rings is 1. The van der Waals surface area contributed by atoms with Crippen molar-refractivity contribution in [3.05, 3.63) is 54.2 Å². The molecule has 8 heteroatoms. The molecule has 0 bridgehead atoms. The summed E-state index contributed by atoms with van der Waals surface area (Å²) in [5.74, 6) is 1.80. The highest BCUT2D eigenvalue weighted by molar-refractivity contribution is 5.86. The molecule has 0 saturated heterocycles. The van der Waals surface area contributed by atoms with E-state index in [1.807, 2.05) is 63.2 Å². The maximum Gasteiger partial charge on any atom is 0.239 e. The van der Waals surface area contributed by atoms with E-state index < -0.39 is 0 Å². The fourth-order valence-electron chi connectivity index (χ4n) is 2.46. The van der Waals surface area contributed by atoms with Gasteiger partial charge in [0, 0.05) is 31.4 Å². The molecule has 0 radical (unpaired) electrons. The number of amides is 1. The van der Waals surface area contributed by atoms with Crippen LogP contribution in [-0.4, -0.2) is 49.2 Å². The van der Waals surface area contributed by atoms with Crippen LogP contribution in [0.2, 0.25) is 0 Å². The van der Waals surface area contributed by atoms with Gasteiger partial charge in [-0.25, -0.2) is 4.98 Å². The van der Waals surface area contributed by atoms with Gasteiger partial charge in [0.05, 0.1) is 6.54 Å². The molecular formula is C22H31N5O3. The summed E-state index contributed by atoms with van der Waals surface area (Å²) in [7, 11) is 1.66. The Labute approximate surface area is 178 Å². The fourth-order valence-corrected chi connectivity index (χ4v) is 2.46. The molecule has 8 nitrogen and oxygen atoms in total. The number of hydrogen-bond donors (Lipinski definition) is 3. The topological polar surface area (TPSA) is 96.9 Å². The Kier molecular flexibility index (Phi) is 8.93. The Balaban J connectivity index is 1.68. The second-order valence-corrected chi connectivity index (χ2v) is 7.59. The van der Waals surface area contributed by atoms with Crippen LogP contribution in [0, 0.1) is 0 Å². The predicted molar refractivity (Wildman–Crippen MR) is 118 cm³/mol. The van der Waals surface area contributed by atoms with E-state index in [1.54, 1.807) is 13.2 Å². The first-order chi connectivity index (χ1) is 14.4. The minimum Gasteiger partial charge on any atom is -0.490 e. The Bertz CT molecular complexity index is 802. The SMILES string of the molecule is CN=C(NCC(=O)NC(C)(C)C)NCc1ccc(OCCOc2ccccc2)nc1. The summed E-state index contributed by atoms with van der Waals surface area (Å²) in [5.41, 5.74) is 0.698. The maximum absolute atomic E-state index is 11.9. The molecule has 0 aliphatic heterocycles. The van der Waals surface area contributed by atoms with Crippen molar-refractivity contribution in [3.8, 4) is 11.6 Å². The van der Waals surface area contributed by atoms with Crippen LogP contribution >= 0.6 is 0 Å². The van der Waals surface area contributed by atoms with E-state index in [2.05, 4.69) is 25.9 Å². The Hall–Kier alpha value is -3.29. The maximum atomic E-state index is 11.9. The second kappa shape index (κ2) is 11.6. The minimum atomic E-state index is -0.265. The van der Waals surface area contributed by atoms with E-state index in [-0.39, 0.29) is 18.0 Å². The summed E-state index contributed by atoms with van der Waals surface area (Å²) in [6, 6.07) is 13.3. The molecule has 1 heterocycles. The lowest BCUT2D eigenvalue weighted by Crippen LogP contribution is -2.48. The van der Waals surface area contributed by atoms with Gasteiger partial charge in [0.1, 0.15) is 19.0 Å². The second-order valence-electron chi connectivity index (χ2n) is 7.59. The van der Waals surface area contributed by atoms with Gasteiger partial charge in [0.2, 0.25) is 11.8 Å².